The Bertz CT molecular complexity index is 875. The number of carbonyl (C=O) groups excluding carboxylic acids is 1. The summed E-state index contributed by atoms with van der Waals surface area (Å²) in [6.45, 7) is 1.94. The quantitative estimate of drug-likeness (QED) is 0.906. The van der Waals surface area contributed by atoms with Crippen LogP contribution in [0.1, 0.15) is 19.8 Å². The van der Waals surface area contributed by atoms with E-state index in [0.717, 1.165) is 12.1 Å². The maximum Gasteiger partial charge on any atom is 0.261 e. The molecule has 0 unspecified atom stereocenters. The summed E-state index contributed by atoms with van der Waals surface area (Å²) in [7, 11) is -3.67. The summed E-state index contributed by atoms with van der Waals surface area (Å²) in [5, 5.41) is 5.57. The van der Waals surface area contributed by atoms with Crippen molar-refractivity contribution in [2.75, 3.05) is 9.73 Å². The Balaban J connectivity index is 1.82. The van der Waals surface area contributed by atoms with E-state index in [0.29, 0.717) is 17.8 Å². The second kappa shape index (κ2) is 6.45. The number of carbonyl (C=O) groups is 1. The molecule has 1 N–H and O–H groups in total. The van der Waals surface area contributed by atoms with Crippen LogP contribution in [-0.2, 0) is 14.8 Å². The standard InChI is InChI=1S/C17H17N3O3S/c1-2-13-12-17(21)20(18-13)15-8-10-16(11-9-15)24(22,23)19-14-6-4-3-5-7-14/h3-11,19H,2,12H2,1H3. The van der Waals surface area contributed by atoms with Crippen LogP contribution in [0.4, 0.5) is 11.4 Å². The average Bonchev–Trinajstić information content (AvgIpc) is 2.96. The van der Waals surface area contributed by atoms with Crippen molar-refractivity contribution in [1.82, 2.24) is 0 Å². The normalized spacial score (nSPS) is 14.6. The van der Waals surface area contributed by atoms with Crippen LogP contribution in [0, 0.1) is 0 Å². The van der Waals surface area contributed by atoms with Crippen LogP contribution in [0.15, 0.2) is 64.6 Å². The fraction of sp³-hybridized carbons (Fsp3) is 0.176. The molecule has 0 saturated heterocycles. The largest absolute Gasteiger partial charge is 0.280 e. The van der Waals surface area contributed by atoms with Gasteiger partial charge in [0.2, 0.25) is 0 Å². The number of hydrogen-bond acceptors (Lipinski definition) is 4. The van der Waals surface area contributed by atoms with Gasteiger partial charge in [-0.25, -0.2) is 13.4 Å². The van der Waals surface area contributed by atoms with Gasteiger partial charge in [-0.3, -0.25) is 9.52 Å². The highest BCUT2D eigenvalue weighted by Gasteiger charge is 2.24. The molecule has 0 atom stereocenters. The fourth-order valence-corrected chi connectivity index (χ4v) is 3.42. The molecule has 3 rings (SSSR count). The molecular formula is C17H17N3O3S. The van der Waals surface area contributed by atoms with Crippen molar-refractivity contribution in [3.05, 3.63) is 54.6 Å². The van der Waals surface area contributed by atoms with Crippen LogP contribution < -0.4 is 9.73 Å². The molecule has 2 aromatic rings. The minimum absolute atomic E-state index is 0.107. The summed E-state index contributed by atoms with van der Waals surface area (Å²) in [5.41, 5.74) is 1.87. The summed E-state index contributed by atoms with van der Waals surface area (Å²) in [6, 6.07) is 14.8. The molecule has 24 heavy (non-hydrogen) atoms. The summed E-state index contributed by atoms with van der Waals surface area (Å²) in [5.74, 6) is -0.107. The van der Waals surface area contributed by atoms with Crippen molar-refractivity contribution in [1.29, 1.82) is 0 Å². The molecule has 1 aliphatic rings. The number of amides is 1. The molecule has 1 aliphatic heterocycles. The van der Waals surface area contributed by atoms with Gasteiger partial charge in [0.15, 0.2) is 0 Å². The third kappa shape index (κ3) is 3.30. The van der Waals surface area contributed by atoms with Gasteiger partial charge in [-0.1, -0.05) is 25.1 Å². The number of nitrogens with zero attached hydrogens (tertiary/aromatic N) is 2. The van der Waals surface area contributed by atoms with Crippen molar-refractivity contribution in [3.63, 3.8) is 0 Å². The monoisotopic (exact) mass is 343 g/mol. The zero-order valence-electron chi connectivity index (χ0n) is 13.1. The Hall–Kier alpha value is -2.67. The van der Waals surface area contributed by atoms with Gasteiger partial charge in [0.25, 0.3) is 15.9 Å². The minimum atomic E-state index is -3.67. The number of sulfonamides is 1. The topological polar surface area (TPSA) is 78.8 Å². The zero-order chi connectivity index (χ0) is 17.2. The summed E-state index contributed by atoms with van der Waals surface area (Å²) in [4.78, 5) is 12.1. The molecule has 0 aromatic heterocycles. The van der Waals surface area contributed by atoms with Crippen molar-refractivity contribution in [2.45, 2.75) is 24.7 Å². The van der Waals surface area contributed by atoms with E-state index in [4.69, 9.17) is 0 Å². The van der Waals surface area contributed by atoms with Crippen LogP contribution in [0.3, 0.4) is 0 Å². The van der Waals surface area contributed by atoms with E-state index in [1.165, 1.54) is 17.1 Å². The molecule has 0 radical (unpaired) electrons. The van der Waals surface area contributed by atoms with Crippen LogP contribution in [-0.4, -0.2) is 20.0 Å². The van der Waals surface area contributed by atoms with Crippen LogP contribution >= 0.6 is 0 Å². The van der Waals surface area contributed by atoms with Gasteiger partial charge in [0.05, 0.1) is 17.0 Å². The van der Waals surface area contributed by atoms with Crippen molar-refractivity contribution >= 4 is 33.0 Å². The van der Waals surface area contributed by atoms with Gasteiger partial charge >= 0.3 is 0 Å². The predicted octanol–water partition coefficient (Wildman–Crippen LogP) is 2.99. The van der Waals surface area contributed by atoms with Crippen LogP contribution in [0.2, 0.25) is 0 Å². The number of rotatable bonds is 5. The van der Waals surface area contributed by atoms with E-state index in [1.807, 2.05) is 13.0 Å². The average molecular weight is 343 g/mol. The number of nitrogens with one attached hydrogen (secondary N) is 1. The molecule has 0 bridgehead atoms. The van der Waals surface area contributed by atoms with Gasteiger partial charge in [0.1, 0.15) is 0 Å². The van der Waals surface area contributed by atoms with E-state index < -0.39 is 10.0 Å². The first-order valence-electron chi connectivity index (χ1n) is 7.57. The van der Waals surface area contributed by atoms with Crippen LogP contribution in [0.25, 0.3) is 0 Å². The Labute approximate surface area is 140 Å². The van der Waals surface area contributed by atoms with E-state index in [2.05, 4.69) is 9.82 Å². The number of anilines is 2. The molecule has 0 spiro atoms. The van der Waals surface area contributed by atoms with Gasteiger partial charge in [-0.2, -0.15) is 5.10 Å². The van der Waals surface area contributed by atoms with E-state index >= 15 is 0 Å². The van der Waals surface area contributed by atoms with Crippen molar-refractivity contribution in [2.24, 2.45) is 5.10 Å². The first kappa shape index (κ1) is 16.2. The Morgan fingerprint density at radius 3 is 2.33 bits per heavy atom. The smallest absolute Gasteiger partial charge is 0.261 e. The highest BCUT2D eigenvalue weighted by atomic mass is 32.2. The fourth-order valence-electron chi connectivity index (χ4n) is 2.37. The number of para-hydroxylation sites is 1. The third-order valence-corrected chi connectivity index (χ3v) is 5.06. The second-order valence-electron chi connectivity index (χ2n) is 5.37. The lowest BCUT2D eigenvalue weighted by Crippen LogP contribution is -2.19. The first-order valence-corrected chi connectivity index (χ1v) is 9.05. The maximum absolute atomic E-state index is 12.4. The Morgan fingerprint density at radius 1 is 1.08 bits per heavy atom. The first-order chi connectivity index (χ1) is 11.5. The summed E-state index contributed by atoms with van der Waals surface area (Å²) in [6.07, 6.45) is 1.03. The SMILES string of the molecule is CCC1=NN(c2ccc(S(=O)(=O)Nc3ccccc3)cc2)C(=O)C1. The third-order valence-electron chi connectivity index (χ3n) is 3.66. The van der Waals surface area contributed by atoms with Crippen LogP contribution in [0.5, 0.6) is 0 Å². The lowest BCUT2D eigenvalue weighted by Gasteiger charge is -2.13. The molecule has 1 amide bonds. The molecule has 6 nitrogen and oxygen atoms in total. The molecular weight excluding hydrogens is 326 g/mol. The summed E-state index contributed by atoms with van der Waals surface area (Å²) >= 11 is 0. The molecule has 124 valence electrons. The highest BCUT2D eigenvalue weighted by molar-refractivity contribution is 7.92. The van der Waals surface area contributed by atoms with E-state index in [9.17, 15) is 13.2 Å². The Kier molecular flexibility index (Phi) is 4.35. The maximum atomic E-state index is 12.4. The number of hydrogen-bond donors (Lipinski definition) is 1. The van der Waals surface area contributed by atoms with E-state index in [-0.39, 0.29) is 10.8 Å². The van der Waals surface area contributed by atoms with Crippen molar-refractivity contribution in [3.8, 4) is 0 Å². The van der Waals surface area contributed by atoms with Gasteiger partial charge < -0.3 is 0 Å². The molecule has 0 aliphatic carbocycles. The molecule has 1 heterocycles. The Morgan fingerprint density at radius 2 is 1.75 bits per heavy atom. The summed E-state index contributed by atoms with van der Waals surface area (Å²) < 4.78 is 27.3. The van der Waals surface area contributed by atoms with E-state index in [1.54, 1.807) is 36.4 Å². The highest BCUT2D eigenvalue weighted by Crippen LogP contribution is 2.24. The van der Waals surface area contributed by atoms with Crippen molar-refractivity contribution < 1.29 is 13.2 Å². The number of benzene rings is 2. The van der Waals surface area contributed by atoms with Gasteiger partial charge in [-0.05, 0) is 42.8 Å². The number of hydrazone groups is 1. The van der Waals surface area contributed by atoms with Gasteiger partial charge in [-0.15, -0.1) is 0 Å². The molecule has 2 aromatic carbocycles. The molecule has 0 fully saturated rings. The minimum Gasteiger partial charge on any atom is -0.280 e. The predicted molar refractivity (Wildman–Crippen MR) is 93.5 cm³/mol. The van der Waals surface area contributed by atoms with Gasteiger partial charge in [0, 0.05) is 11.4 Å². The molecule has 7 heteroatoms. The lowest BCUT2D eigenvalue weighted by molar-refractivity contribution is -0.116. The second-order valence-corrected chi connectivity index (χ2v) is 7.05. The lowest BCUT2D eigenvalue weighted by atomic mass is 10.2. The molecule has 0 saturated carbocycles. The zero-order valence-corrected chi connectivity index (χ0v) is 14.0.